The van der Waals surface area contributed by atoms with Gasteiger partial charge in [0.1, 0.15) is 5.75 Å². The summed E-state index contributed by atoms with van der Waals surface area (Å²) in [7, 11) is 0. The Kier molecular flexibility index (Phi) is 8.80. The minimum Gasteiger partial charge on any atom is -0.508 e. The Morgan fingerprint density at radius 3 is 2.14 bits per heavy atom. The fourth-order valence-electron chi connectivity index (χ4n) is 2.79. The number of carbonyl (C=O) groups is 1. The molecule has 0 bridgehead atoms. The molecule has 0 aliphatic rings. The van der Waals surface area contributed by atoms with Crippen LogP contribution in [0.15, 0.2) is 24.3 Å². The zero-order chi connectivity index (χ0) is 15.5. The summed E-state index contributed by atoms with van der Waals surface area (Å²) >= 11 is 0. The second-order valence-corrected chi connectivity index (χ2v) is 5.95. The molecule has 0 saturated heterocycles. The van der Waals surface area contributed by atoms with Crippen molar-refractivity contribution in [2.75, 3.05) is 0 Å². The Hall–Kier alpha value is -1.31. The van der Waals surface area contributed by atoms with Crippen molar-refractivity contribution in [2.24, 2.45) is 5.92 Å². The summed E-state index contributed by atoms with van der Waals surface area (Å²) in [6.07, 6.45) is 10.6. The van der Waals surface area contributed by atoms with Gasteiger partial charge in [-0.1, -0.05) is 58.8 Å². The van der Waals surface area contributed by atoms with E-state index in [0.29, 0.717) is 0 Å². The van der Waals surface area contributed by atoms with Gasteiger partial charge in [-0.15, -0.1) is 0 Å². The summed E-state index contributed by atoms with van der Waals surface area (Å²) in [5.74, 6) is 0.602. The van der Waals surface area contributed by atoms with Crippen LogP contribution in [0.3, 0.4) is 0 Å². The third-order valence-electron chi connectivity index (χ3n) is 4.07. The van der Waals surface area contributed by atoms with Crippen LogP contribution < -0.4 is 0 Å². The van der Waals surface area contributed by atoms with Crippen LogP contribution in [-0.4, -0.2) is 10.9 Å². The molecule has 0 aliphatic carbocycles. The van der Waals surface area contributed by atoms with Crippen LogP contribution in [0.1, 0.15) is 82.0 Å². The normalized spacial score (nSPS) is 12.3. The summed E-state index contributed by atoms with van der Waals surface area (Å²) in [4.78, 5) is 12.5. The van der Waals surface area contributed by atoms with Gasteiger partial charge in [0, 0.05) is 11.5 Å². The average molecular weight is 290 g/mol. The molecule has 118 valence electrons. The molecule has 0 radical (unpaired) electrons. The van der Waals surface area contributed by atoms with Crippen molar-refractivity contribution < 1.29 is 9.90 Å². The van der Waals surface area contributed by atoms with Crippen LogP contribution in [0.25, 0.3) is 0 Å². The van der Waals surface area contributed by atoms with E-state index in [0.717, 1.165) is 31.2 Å². The van der Waals surface area contributed by atoms with E-state index in [1.807, 2.05) is 0 Å². The standard InChI is InChI=1S/C19H30O2/c1-3-5-6-7-8-9-11-16(10-4-2)19(21)17-12-14-18(20)15-13-17/h12-16,20H,3-11H2,1-2H3. The lowest BCUT2D eigenvalue weighted by molar-refractivity contribution is 0.0903. The molecule has 0 aromatic heterocycles. The first-order valence-corrected chi connectivity index (χ1v) is 8.52. The van der Waals surface area contributed by atoms with E-state index in [1.54, 1.807) is 24.3 Å². The molecular weight excluding hydrogens is 260 g/mol. The van der Waals surface area contributed by atoms with Gasteiger partial charge in [0.15, 0.2) is 5.78 Å². The van der Waals surface area contributed by atoms with Gasteiger partial charge in [-0.25, -0.2) is 0 Å². The van der Waals surface area contributed by atoms with Crippen LogP contribution in [0.5, 0.6) is 5.75 Å². The van der Waals surface area contributed by atoms with E-state index in [2.05, 4.69) is 13.8 Å². The molecule has 0 fully saturated rings. The number of phenols is 1. The summed E-state index contributed by atoms with van der Waals surface area (Å²) < 4.78 is 0. The topological polar surface area (TPSA) is 37.3 Å². The number of rotatable bonds is 11. The first kappa shape index (κ1) is 17.7. The van der Waals surface area contributed by atoms with Crippen molar-refractivity contribution in [3.05, 3.63) is 29.8 Å². The highest BCUT2D eigenvalue weighted by Gasteiger charge is 2.18. The summed E-state index contributed by atoms with van der Waals surface area (Å²) in [5.41, 5.74) is 0.734. The molecule has 1 aromatic carbocycles. The number of hydrogen-bond acceptors (Lipinski definition) is 2. The zero-order valence-electron chi connectivity index (χ0n) is 13.6. The summed E-state index contributed by atoms with van der Waals surface area (Å²) in [6.45, 7) is 4.37. The van der Waals surface area contributed by atoms with Crippen molar-refractivity contribution in [3.63, 3.8) is 0 Å². The Morgan fingerprint density at radius 2 is 1.52 bits per heavy atom. The molecular formula is C19H30O2. The number of aromatic hydroxyl groups is 1. The average Bonchev–Trinajstić information content (AvgIpc) is 2.49. The van der Waals surface area contributed by atoms with Crippen molar-refractivity contribution in [3.8, 4) is 5.75 Å². The number of phenolic OH excluding ortho intramolecular Hbond substituents is 1. The number of benzene rings is 1. The summed E-state index contributed by atoms with van der Waals surface area (Å²) in [5, 5.41) is 9.31. The van der Waals surface area contributed by atoms with E-state index in [1.165, 1.54) is 32.1 Å². The van der Waals surface area contributed by atoms with Crippen LogP contribution >= 0.6 is 0 Å². The quantitative estimate of drug-likeness (QED) is 0.416. The van der Waals surface area contributed by atoms with Crippen molar-refractivity contribution in [1.82, 2.24) is 0 Å². The van der Waals surface area contributed by atoms with Crippen LogP contribution in [0.2, 0.25) is 0 Å². The molecule has 21 heavy (non-hydrogen) atoms. The lowest BCUT2D eigenvalue weighted by atomic mass is 9.88. The zero-order valence-corrected chi connectivity index (χ0v) is 13.6. The van der Waals surface area contributed by atoms with Crippen LogP contribution in [0.4, 0.5) is 0 Å². The SMILES string of the molecule is CCCCCCCCC(CCC)C(=O)c1ccc(O)cc1. The number of unbranched alkanes of at least 4 members (excludes halogenated alkanes) is 5. The third-order valence-corrected chi connectivity index (χ3v) is 4.07. The Balaban J connectivity index is 2.44. The monoisotopic (exact) mass is 290 g/mol. The van der Waals surface area contributed by atoms with Gasteiger partial charge in [-0.05, 0) is 37.1 Å². The fourth-order valence-corrected chi connectivity index (χ4v) is 2.79. The number of carbonyl (C=O) groups excluding carboxylic acids is 1. The Bertz CT molecular complexity index is 395. The highest BCUT2D eigenvalue weighted by atomic mass is 16.3. The minimum absolute atomic E-state index is 0.144. The van der Waals surface area contributed by atoms with E-state index in [4.69, 9.17) is 0 Å². The molecule has 1 aromatic rings. The smallest absolute Gasteiger partial charge is 0.165 e. The number of Topliss-reactive ketones (excluding diaryl/α,β-unsaturated/α-hetero) is 1. The van der Waals surface area contributed by atoms with Gasteiger partial charge >= 0.3 is 0 Å². The maximum Gasteiger partial charge on any atom is 0.165 e. The highest BCUT2D eigenvalue weighted by Crippen LogP contribution is 2.22. The molecule has 1 N–H and O–H groups in total. The molecule has 0 saturated carbocycles. The fraction of sp³-hybridized carbons (Fsp3) is 0.632. The molecule has 1 rings (SSSR count). The van der Waals surface area contributed by atoms with E-state index in [9.17, 15) is 9.90 Å². The largest absolute Gasteiger partial charge is 0.508 e. The predicted octanol–water partition coefficient (Wildman–Crippen LogP) is 5.74. The second kappa shape index (κ2) is 10.4. The van der Waals surface area contributed by atoms with Gasteiger partial charge in [-0.2, -0.15) is 0 Å². The molecule has 1 atom stereocenters. The molecule has 2 heteroatoms. The van der Waals surface area contributed by atoms with E-state index < -0.39 is 0 Å². The van der Waals surface area contributed by atoms with Crippen molar-refractivity contribution in [2.45, 2.75) is 71.6 Å². The molecule has 2 nitrogen and oxygen atoms in total. The maximum atomic E-state index is 12.5. The van der Waals surface area contributed by atoms with Crippen molar-refractivity contribution >= 4 is 5.78 Å². The molecule has 0 heterocycles. The Morgan fingerprint density at radius 1 is 0.905 bits per heavy atom. The molecule has 1 unspecified atom stereocenters. The highest BCUT2D eigenvalue weighted by molar-refractivity contribution is 5.97. The molecule has 0 aliphatic heterocycles. The first-order valence-electron chi connectivity index (χ1n) is 8.52. The number of ketones is 1. The van der Waals surface area contributed by atoms with Gasteiger partial charge in [0.05, 0.1) is 0 Å². The van der Waals surface area contributed by atoms with Crippen molar-refractivity contribution in [1.29, 1.82) is 0 Å². The predicted molar refractivity (Wildman–Crippen MR) is 88.8 cm³/mol. The van der Waals surface area contributed by atoms with Crippen LogP contribution in [-0.2, 0) is 0 Å². The second-order valence-electron chi connectivity index (χ2n) is 5.95. The van der Waals surface area contributed by atoms with E-state index >= 15 is 0 Å². The van der Waals surface area contributed by atoms with Gasteiger partial charge in [0.2, 0.25) is 0 Å². The lowest BCUT2D eigenvalue weighted by Gasteiger charge is -2.15. The van der Waals surface area contributed by atoms with E-state index in [-0.39, 0.29) is 17.5 Å². The van der Waals surface area contributed by atoms with Crippen LogP contribution in [0, 0.1) is 5.92 Å². The molecule has 0 spiro atoms. The van der Waals surface area contributed by atoms with Gasteiger partial charge in [-0.3, -0.25) is 4.79 Å². The number of hydrogen-bond donors (Lipinski definition) is 1. The Labute approximate surface area is 129 Å². The third kappa shape index (κ3) is 6.79. The lowest BCUT2D eigenvalue weighted by Crippen LogP contribution is -2.14. The molecule has 0 amide bonds. The van der Waals surface area contributed by atoms with Gasteiger partial charge in [0.25, 0.3) is 0 Å². The summed E-state index contributed by atoms with van der Waals surface area (Å²) in [6, 6.07) is 6.67. The van der Waals surface area contributed by atoms with Gasteiger partial charge < -0.3 is 5.11 Å². The first-order chi connectivity index (χ1) is 10.2. The maximum absolute atomic E-state index is 12.5. The minimum atomic E-state index is 0.144.